The molecular formula is C11H7Cl2FN2O2S. The summed E-state index contributed by atoms with van der Waals surface area (Å²) in [4.78, 5) is 3.38. The molecule has 4 nitrogen and oxygen atoms in total. The summed E-state index contributed by atoms with van der Waals surface area (Å²) in [5.41, 5.74) is 0.0875. The molecule has 8 heteroatoms. The molecule has 0 spiro atoms. The molecule has 0 aliphatic heterocycles. The van der Waals surface area contributed by atoms with E-state index >= 15 is 0 Å². The van der Waals surface area contributed by atoms with Gasteiger partial charge in [-0.1, -0.05) is 23.2 Å². The second kappa shape index (κ2) is 5.32. The van der Waals surface area contributed by atoms with Gasteiger partial charge in [-0.15, -0.1) is 0 Å². The third-order valence-corrected chi connectivity index (χ3v) is 4.37. The Morgan fingerprint density at radius 2 is 1.89 bits per heavy atom. The molecule has 0 aliphatic carbocycles. The number of halogens is 3. The number of anilines is 1. The van der Waals surface area contributed by atoms with Gasteiger partial charge in [0.2, 0.25) is 0 Å². The molecule has 1 heterocycles. The Labute approximate surface area is 119 Å². The first kappa shape index (κ1) is 14.0. The molecular weight excluding hydrogens is 314 g/mol. The van der Waals surface area contributed by atoms with Crippen LogP contribution in [0.5, 0.6) is 0 Å². The zero-order chi connectivity index (χ0) is 14.0. The van der Waals surface area contributed by atoms with Gasteiger partial charge in [-0.05, 0) is 24.3 Å². The zero-order valence-corrected chi connectivity index (χ0v) is 11.6. The van der Waals surface area contributed by atoms with E-state index in [1.807, 2.05) is 0 Å². The van der Waals surface area contributed by atoms with Crippen molar-refractivity contribution < 1.29 is 12.8 Å². The number of nitrogens with zero attached hydrogens (tertiary/aromatic N) is 1. The van der Waals surface area contributed by atoms with Gasteiger partial charge < -0.3 is 0 Å². The Balaban J connectivity index is 2.44. The summed E-state index contributed by atoms with van der Waals surface area (Å²) in [7, 11) is -4.04. The summed E-state index contributed by atoms with van der Waals surface area (Å²) >= 11 is 11.6. The number of hydrogen-bond donors (Lipinski definition) is 1. The lowest BCUT2D eigenvalue weighted by atomic mass is 10.3. The molecule has 1 aromatic heterocycles. The Morgan fingerprint density at radius 1 is 1.16 bits per heavy atom. The van der Waals surface area contributed by atoms with Crippen molar-refractivity contribution in [2.45, 2.75) is 4.90 Å². The Hall–Kier alpha value is -1.37. The van der Waals surface area contributed by atoms with Crippen molar-refractivity contribution in [1.29, 1.82) is 0 Å². The van der Waals surface area contributed by atoms with Crippen molar-refractivity contribution in [2.75, 3.05) is 4.72 Å². The lowest BCUT2D eigenvalue weighted by molar-refractivity contribution is 0.595. The molecule has 0 radical (unpaired) electrons. The number of rotatable bonds is 3. The molecule has 1 N–H and O–H groups in total. The minimum atomic E-state index is -4.04. The van der Waals surface area contributed by atoms with E-state index in [2.05, 4.69) is 9.71 Å². The fourth-order valence-electron chi connectivity index (χ4n) is 1.34. The van der Waals surface area contributed by atoms with Crippen molar-refractivity contribution >= 4 is 38.9 Å². The maximum atomic E-state index is 13.1. The van der Waals surface area contributed by atoms with Crippen molar-refractivity contribution in [3.8, 4) is 0 Å². The minimum absolute atomic E-state index is 0.0875. The van der Waals surface area contributed by atoms with Gasteiger partial charge in [-0.25, -0.2) is 12.8 Å². The molecule has 0 saturated carbocycles. The Bertz CT molecular complexity index is 722. The maximum Gasteiger partial charge on any atom is 0.263 e. The smallest absolute Gasteiger partial charge is 0.263 e. The molecule has 2 rings (SSSR count). The van der Waals surface area contributed by atoms with Crippen LogP contribution in [-0.4, -0.2) is 13.4 Å². The normalized spacial score (nSPS) is 11.3. The van der Waals surface area contributed by atoms with Gasteiger partial charge in [0.25, 0.3) is 10.0 Å². The molecule has 0 bridgehead atoms. The fourth-order valence-corrected chi connectivity index (χ4v) is 3.12. The van der Waals surface area contributed by atoms with Crippen molar-refractivity contribution in [2.24, 2.45) is 0 Å². The van der Waals surface area contributed by atoms with Crippen LogP contribution in [0.4, 0.5) is 10.1 Å². The number of nitrogens with one attached hydrogen (secondary N) is 1. The van der Waals surface area contributed by atoms with E-state index in [9.17, 15) is 12.8 Å². The molecule has 0 atom stereocenters. The van der Waals surface area contributed by atoms with E-state index in [0.29, 0.717) is 0 Å². The highest BCUT2D eigenvalue weighted by molar-refractivity contribution is 7.92. The van der Waals surface area contributed by atoms with Gasteiger partial charge in [0.15, 0.2) is 0 Å². The maximum absolute atomic E-state index is 13.1. The Kier molecular flexibility index (Phi) is 3.93. The van der Waals surface area contributed by atoms with Gasteiger partial charge >= 0.3 is 0 Å². The average Bonchev–Trinajstić information content (AvgIpc) is 2.35. The second-order valence-electron chi connectivity index (χ2n) is 3.54. The molecule has 0 fully saturated rings. The molecule has 0 unspecified atom stereocenters. The van der Waals surface area contributed by atoms with Gasteiger partial charge in [0.1, 0.15) is 10.7 Å². The lowest BCUT2D eigenvalue weighted by Gasteiger charge is -2.10. The average molecular weight is 321 g/mol. The number of pyridine rings is 1. The molecule has 0 aliphatic rings. The summed E-state index contributed by atoms with van der Waals surface area (Å²) in [5, 5.41) is 0.0833. The van der Waals surface area contributed by atoms with Crippen molar-refractivity contribution in [1.82, 2.24) is 4.98 Å². The highest BCUT2D eigenvalue weighted by atomic mass is 35.5. The highest BCUT2D eigenvalue weighted by Crippen LogP contribution is 2.27. The van der Waals surface area contributed by atoms with Gasteiger partial charge in [-0.2, -0.15) is 0 Å². The first-order valence-corrected chi connectivity index (χ1v) is 7.21. The molecule has 2 aromatic rings. The van der Waals surface area contributed by atoms with Crippen LogP contribution < -0.4 is 4.72 Å². The summed E-state index contributed by atoms with van der Waals surface area (Å²) in [6.45, 7) is 0. The van der Waals surface area contributed by atoms with Crippen LogP contribution in [0.3, 0.4) is 0 Å². The summed E-state index contributed by atoms with van der Waals surface area (Å²) in [6.07, 6.45) is 2.66. The predicted molar refractivity (Wildman–Crippen MR) is 71.5 cm³/mol. The third kappa shape index (κ3) is 3.15. The largest absolute Gasteiger partial charge is 0.276 e. The first-order chi connectivity index (χ1) is 8.90. The SMILES string of the molecule is O=S(=O)(Nc1cnccc1Cl)c1cc(F)ccc1Cl. The number of aromatic nitrogens is 1. The van der Waals surface area contributed by atoms with Gasteiger partial charge in [0, 0.05) is 6.20 Å². The number of sulfonamides is 1. The highest BCUT2D eigenvalue weighted by Gasteiger charge is 2.20. The van der Waals surface area contributed by atoms with E-state index in [4.69, 9.17) is 23.2 Å². The van der Waals surface area contributed by atoms with Crippen LogP contribution in [-0.2, 0) is 10.0 Å². The predicted octanol–water partition coefficient (Wildman–Crippen LogP) is 3.33. The van der Waals surface area contributed by atoms with E-state index < -0.39 is 15.8 Å². The van der Waals surface area contributed by atoms with E-state index in [-0.39, 0.29) is 20.6 Å². The summed E-state index contributed by atoms with van der Waals surface area (Å²) in [6, 6.07) is 4.48. The quantitative estimate of drug-likeness (QED) is 0.943. The van der Waals surface area contributed by atoms with Crippen LogP contribution in [0.2, 0.25) is 10.0 Å². The lowest BCUT2D eigenvalue weighted by Crippen LogP contribution is -2.14. The standard InChI is InChI=1S/C11H7Cl2FN2O2S/c12-8-3-4-15-6-10(8)16-19(17,18)11-5-7(14)1-2-9(11)13/h1-6,16H. The molecule has 0 saturated heterocycles. The van der Waals surface area contributed by atoms with E-state index in [1.165, 1.54) is 18.5 Å². The topological polar surface area (TPSA) is 59.1 Å². The number of hydrogen-bond acceptors (Lipinski definition) is 3. The van der Waals surface area contributed by atoms with E-state index in [0.717, 1.165) is 18.2 Å². The molecule has 0 amide bonds. The van der Waals surface area contributed by atoms with Crippen LogP contribution >= 0.6 is 23.2 Å². The van der Waals surface area contributed by atoms with Crippen molar-refractivity contribution in [3.63, 3.8) is 0 Å². The Morgan fingerprint density at radius 3 is 2.58 bits per heavy atom. The van der Waals surface area contributed by atoms with Gasteiger partial charge in [-0.3, -0.25) is 9.71 Å². The first-order valence-electron chi connectivity index (χ1n) is 4.97. The third-order valence-electron chi connectivity index (χ3n) is 2.19. The second-order valence-corrected chi connectivity index (χ2v) is 6.00. The number of benzene rings is 1. The molecule has 100 valence electrons. The monoisotopic (exact) mass is 320 g/mol. The molecule has 1 aromatic carbocycles. The van der Waals surface area contributed by atoms with Crippen LogP contribution in [0.25, 0.3) is 0 Å². The minimum Gasteiger partial charge on any atom is -0.276 e. The van der Waals surface area contributed by atoms with Crippen molar-refractivity contribution in [3.05, 3.63) is 52.5 Å². The summed E-state index contributed by atoms with van der Waals surface area (Å²) < 4.78 is 39.5. The van der Waals surface area contributed by atoms with Crippen LogP contribution in [0, 0.1) is 5.82 Å². The fraction of sp³-hybridized carbons (Fsp3) is 0. The van der Waals surface area contributed by atoms with E-state index in [1.54, 1.807) is 0 Å². The van der Waals surface area contributed by atoms with Gasteiger partial charge in [0.05, 0.1) is 21.9 Å². The summed E-state index contributed by atoms with van der Waals surface area (Å²) in [5.74, 6) is -0.706. The van der Waals surface area contributed by atoms with Crippen LogP contribution in [0.1, 0.15) is 0 Å². The zero-order valence-electron chi connectivity index (χ0n) is 9.27. The van der Waals surface area contributed by atoms with Crippen LogP contribution in [0.15, 0.2) is 41.6 Å². The molecule has 19 heavy (non-hydrogen) atoms.